The zero-order valence-electron chi connectivity index (χ0n) is 12.0. The van der Waals surface area contributed by atoms with E-state index in [1.807, 2.05) is 48.6 Å². The number of hydrogen-bond acceptors (Lipinski definition) is 1. The Morgan fingerprint density at radius 3 is 1.68 bits per heavy atom. The predicted octanol–water partition coefficient (Wildman–Crippen LogP) is 5.77. The average Bonchev–Trinajstić information content (AvgIpc) is 2.58. The van der Waals surface area contributed by atoms with Gasteiger partial charge in [0, 0.05) is 10.7 Å². The summed E-state index contributed by atoms with van der Waals surface area (Å²) in [6.45, 7) is 0. The number of halogens is 2. The Balaban J connectivity index is 2.02. The van der Waals surface area contributed by atoms with Crippen molar-refractivity contribution in [2.24, 2.45) is 0 Å². The van der Waals surface area contributed by atoms with E-state index in [0.29, 0.717) is 0 Å². The van der Waals surface area contributed by atoms with Gasteiger partial charge >= 0.3 is 0 Å². The van der Waals surface area contributed by atoms with E-state index in [2.05, 4.69) is 44.0 Å². The SMILES string of the molecule is O=C(/C=C/c1cccc(CBr)c1)/C=C/c1cccc(CBr)c1. The number of carbonyl (C=O) groups excluding carboxylic acids is 1. The molecule has 0 aliphatic rings. The van der Waals surface area contributed by atoms with Crippen LogP contribution < -0.4 is 0 Å². The zero-order valence-corrected chi connectivity index (χ0v) is 15.2. The highest BCUT2D eigenvalue weighted by Crippen LogP contribution is 2.12. The van der Waals surface area contributed by atoms with Crippen molar-refractivity contribution in [1.29, 1.82) is 0 Å². The van der Waals surface area contributed by atoms with Crippen LogP contribution in [0.2, 0.25) is 0 Å². The van der Waals surface area contributed by atoms with E-state index in [9.17, 15) is 4.79 Å². The second-order valence-corrected chi connectivity index (χ2v) is 5.95. The number of hydrogen-bond donors (Lipinski definition) is 0. The topological polar surface area (TPSA) is 17.1 Å². The molecule has 0 aromatic heterocycles. The van der Waals surface area contributed by atoms with E-state index >= 15 is 0 Å². The summed E-state index contributed by atoms with van der Waals surface area (Å²) in [7, 11) is 0. The molecule has 0 fully saturated rings. The molecule has 0 saturated carbocycles. The minimum atomic E-state index is -0.0199. The fourth-order valence-electron chi connectivity index (χ4n) is 1.97. The van der Waals surface area contributed by atoms with E-state index in [4.69, 9.17) is 0 Å². The van der Waals surface area contributed by atoms with Crippen LogP contribution in [0.3, 0.4) is 0 Å². The van der Waals surface area contributed by atoms with Crippen molar-refractivity contribution in [2.45, 2.75) is 10.7 Å². The largest absolute Gasteiger partial charge is 0.290 e. The molecule has 0 N–H and O–H groups in total. The Hall–Kier alpha value is -1.45. The van der Waals surface area contributed by atoms with Gasteiger partial charge in [0.15, 0.2) is 5.78 Å². The molecule has 1 nitrogen and oxygen atoms in total. The lowest BCUT2D eigenvalue weighted by molar-refractivity contribution is -0.110. The summed E-state index contributed by atoms with van der Waals surface area (Å²) < 4.78 is 0. The van der Waals surface area contributed by atoms with E-state index in [1.165, 1.54) is 11.1 Å². The molecule has 22 heavy (non-hydrogen) atoms. The van der Waals surface area contributed by atoms with Gasteiger partial charge in [-0.1, -0.05) is 92.5 Å². The molecule has 0 amide bonds. The van der Waals surface area contributed by atoms with Gasteiger partial charge in [0.2, 0.25) is 0 Å². The predicted molar refractivity (Wildman–Crippen MR) is 101 cm³/mol. The standard InChI is InChI=1S/C19H16Br2O/c20-13-17-5-1-3-15(11-17)7-9-19(22)10-8-16-4-2-6-18(12-16)14-21/h1-12H,13-14H2/b9-7+,10-8+. The van der Waals surface area contributed by atoms with Crippen LogP contribution in [-0.4, -0.2) is 5.78 Å². The molecular weight excluding hydrogens is 404 g/mol. The molecule has 0 unspecified atom stereocenters. The van der Waals surface area contributed by atoms with Crippen LogP contribution in [0.25, 0.3) is 12.2 Å². The molecule has 112 valence electrons. The summed E-state index contributed by atoms with van der Waals surface area (Å²) in [5, 5.41) is 1.62. The van der Waals surface area contributed by atoms with E-state index in [-0.39, 0.29) is 5.78 Å². The maximum absolute atomic E-state index is 11.9. The van der Waals surface area contributed by atoms with Gasteiger partial charge in [-0.2, -0.15) is 0 Å². The molecule has 0 radical (unpaired) electrons. The third-order valence-corrected chi connectivity index (χ3v) is 4.39. The lowest BCUT2D eigenvalue weighted by atomic mass is 10.1. The number of ketones is 1. The normalized spacial score (nSPS) is 11.4. The number of rotatable bonds is 6. The lowest BCUT2D eigenvalue weighted by Crippen LogP contribution is -1.86. The molecule has 2 aromatic carbocycles. The highest BCUT2D eigenvalue weighted by atomic mass is 79.9. The van der Waals surface area contributed by atoms with Crippen LogP contribution in [0.4, 0.5) is 0 Å². The first-order valence-electron chi connectivity index (χ1n) is 6.91. The Kier molecular flexibility index (Phi) is 6.81. The zero-order chi connectivity index (χ0) is 15.8. The van der Waals surface area contributed by atoms with Crippen molar-refractivity contribution in [1.82, 2.24) is 0 Å². The molecule has 0 aliphatic heterocycles. The molecule has 2 rings (SSSR count). The van der Waals surface area contributed by atoms with E-state index in [0.717, 1.165) is 21.8 Å². The second kappa shape index (κ2) is 8.86. The smallest absolute Gasteiger partial charge is 0.178 e. The van der Waals surface area contributed by atoms with Crippen LogP contribution in [0.15, 0.2) is 60.7 Å². The Labute approximate surface area is 148 Å². The number of allylic oxidation sites excluding steroid dienone is 2. The van der Waals surface area contributed by atoms with Crippen molar-refractivity contribution in [2.75, 3.05) is 0 Å². The van der Waals surface area contributed by atoms with Crippen molar-refractivity contribution in [3.8, 4) is 0 Å². The fourth-order valence-corrected chi connectivity index (χ4v) is 2.67. The van der Waals surface area contributed by atoms with Crippen molar-refractivity contribution in [3.05, 3.63) is 82.9 Å². The van der Waals surface area contributed by atoms with Gasteiger partial charge in [0.05, 0.1) is 0 Å². The summed E-state index contributed by atoms with van der Waals surface area (Å²) in [6.07, 6.45) is 6.87. The van der Waals surface area contributed by atoms with Gasteiger partial charge in [0.1, 0.15) is 0 Å². The Bertz CT molecular complexity index is 643. The molecule has 0 aliphatic carbocycles. The summed E-state index contributed by atoms with van der Waals surface area (Å²) in [6, 6.07) is 16.2. The van der Waals surface area contributed by atoms with Crippen molar-refractivity contribution < 1.29 is 4.79 Å². The van der Waals surface area contributed by atoms with Gasteiger partial charge in [-0.15, -0.1) is 0 Å². The fraction of sp³-hybridized carbons (Fsp3) is 0.105. The number of benzene rings is 2. The molecule has 0 spiro atoms. The number of carbonyl (C=O) groups is 1. The second-order valence-electron chi connectivity index (χ2n) is 4.83. The van der Waals surface area contributed by atoms with Gasteiger partial charge in [-0.25, -0.2) is 0 Å². The molecule has 0 atom stereocenters. The number of alkyl halides is 2. The van der Waals surface area contributed by atoms with Crippen LogP contribution in [0.5, 0.6) is 0 Å². The summed E-state index contributed by atoms with van der Waals surface area (Å²) in [4.78, 5) is 11.9. The van der Waals surface area contributed by atoms with Crippen molar-refractivity contribution in [3.63, 3.8) is 0 Å². The maximum atomic E-state index is 11.9. The van der Waals surface area contributed by atoms with Crippen LogP contribution >= 0.6 is 31.9 Å². The van der Waals surface area contributed by atoms with Crippen LogP contribution in [0, 0.1) is 0 Å². The monoisotopic (exact) mass is 418 g/mol. The van der Waals surface area contributed by atoms with E-state index in [1.54, 1.807) is 12.2 Å². The van der Waals surface area contributed by atoms with Crippen LogP contribution in [-0.2, 0) is 15.5 Å². The molecular formula is C19H16Br2O. The molecule has 3 heteroatoms. The summed E-state index contributed by atoms with van der Waals surface area (Å²) >= 11 is 6.86. The minimum Gasteiger partial charge on any atom is -0.290 e. The quantitative estimate of drug-likeness (QED) is 0.428. The molecule has 0 bridgehead atoms. The third-order valence-electron chi connectivity index (χ3n) is 3.09. The van der Waals surface area contributed by atoms with Gasteiger partial charge in [-0.05, 0) is 34.4 Å². The highest BCUT2D eigenvalue weighted by molar-refractivity contribution is 9.08. The van der Waals surface area contributed by atoms with Gasteiger partial charge < -0.3 is 0 Å². The van der Waals surface area contributed by atoms with E-state index < -0.39 is 0 Å². The summed E-state index contributed by atoms with van der Waals surface area (Å²) in [5.41, 5.74) is 4.44. The first-order chi connectivity index (χ1) is 10.7. The molecule has 0 heterocycles. The Morgan fingerprint density at radius 2 is 1.27 bits per heavy atom. The minimum absolute atomic E-state index is 0.0199. The first-order valence-corrected chi connectivity index (χ1v) is 9.15. The van der Waals surface area contributed by atoms with Crippen molar-refractivity contribution >= 4 is 49.8 Å². The molecule has 2 aromatic rings. The maximum Gasteiger partial charge on any atom is 0.178 e. The van der Waals surface area contributed by atoms with Gasteiger partial charge in [-0.3, -0.25) is 4.79 Å². The summed E-state index contributed by atoms with van der Waals surface area (Å²) in [5.74, 6) is -0.0199. The highest BCUT2D eigenvalue weighted by Gasteiger charge is 1.95. The van der Waals surface area contributed by atoms with Gasteiger partial charge in [0.25, 0.3) is 0 Å². The third kappa shape index (κ3) is 5.39. The van der Waals surface area contributed by atoms with Crippen LogP contribution in [0.1, 0.15) is 22.3 Å². The average molecular weight is 420 g/mol. The lowest BCUT2D eigenvalue weighted by Gasteiger charge is -1.97. The molecule has 0 saturated heterocycles. The Morgan fingerprint density at radius 1 is 0.818 bits per heavy atom. The first kappa shape index (κ1) is 16.9.